The highest BCUT2D eigenvalue weighted by atomic mass is 16.5. The number of nitrogens with zero attached hydrogens (tertiary/aromatic N) is 2. The molecule has 8 nitrogen and oxygen atoms in total. The minimum atomic E-state index is -0.544. The SMILES string of the molecule is COc1cc(N2C(=O)C=CC2=O)ccc1CCC(=O)N1C(=O)CCC1=O. The maximum Gasteiger partial charge on any atom is 0.258 e. The summed E-state index contributed by atoms with van der Waals surface area (Å²) < 4.78 is 5.29. The van der Waals surface area contributed by atoms with E-state index in [0.29, 0.717) is 21.9 Å². The maximum atomic E-state index is 12.1. The molecule has 1 fully saturated rings. The second kappa shape index (κ2) is 6.91. The normalized spacial score (nSPS) is 16.8. The van der Waals surface area contributed by atoms with Gasteiger partial charge in [-0.3, -0.25) is 24.0 Å². The van der Waals surface area contributed by atoms with Crippen LogP contribution in [-0.2, 0) is 30.4 Å². The van der Waals surface area contributed by atoms with Crippen molar-refractivity contribution < 1.29 is 28.7 Å². The second-order valence-electron chi connectivity index (χ2n) is 5.86. The number of imide groups is 4. The molecule has 5 amide bonds. The molecule has 1 aromatic carbocycles. The van der Waals surface area contributed by atoms with Crippen LogP contribution in [0, 0.1) is 0 Å². The average molecular weight is 356 g/mol. The first-order valence-electron chi connectivity index (χ1n) is 8.04. The lowest BCUT2D eigenvalue weighted by Gasteiger charge is -2.17. The van der Waals surface area contributed by atoms with Crippen molar-refractivity contribution in [3.05, 3.63) is 35.9 Å². The Morgan fingerprint density at radius 3 is 2.23 bits per heavy atom. The number of amides is 5. The van der Waals surface area contributed by atoms with Crippen LogP contribution in [0.5, 0.6) is 5.75 Å². The number of likely N-dealkylation sites (tertiary alicyclic amines) is 1. The molecular weight excluding hydrogens is 340 g/mol. The third kappa shape index (κ3) is 3.13. The number of carbonyl (C=O) groups excluding carboxylic acids is 5. The summed E-state index contributed by atoms with van der Waals surface area (Å²) >= 11 is 0. The number of rotatable bonds is 5. The minimum absolute atomic E-state index is 0.0314. The Morgan fingerprint density at radius 1 is 1.04 bits per heavy atom. The van der Waals surface area contributed by atoms with Gasteiger partial charge in [-0.15, -0.1) is 0 Å². The van der Waals surface area contributed by atoms with Gasteiger partial charge in [0.1, 0.15) is 5.75 Å². The molecule has 0 aliphatic carbocycles. The van der Waals surface area contributed by atoms with Gasteiger partial charge < -0.3 is 4.74 Å². The molecule has 8 heteroatoms. The van der Waals surface area contributed by atoms with E-state index in [0.717, 1.165) is 4.90 Å². The molecule has 0 unspecified atom stereocenters. The van der Waals surface area contributed by atoms with Gasteiger partial charge in [0.15, 0.2) is 0 Å². The molecule has 3 rings (SSSR count). The summed E-state index contributed by atoms with van der Waals surface area (Å²) in [4.78, 5) is 60.6. The summed E-state index contributed by atoms with van der Waals surface area (Å²) in [5.74, 6) is -1.96. The van der Waals surface area contributed by atoms with Crippen molar-refractivity contribution in [2.75, 3.05) is 12.0 Å². The Kier molecular flexibility index (Phi) is 4.66. The van der Waals surface area contributed by atoms with E-state index in [2.05, 4.69) is 0 Å². The van der Waals surface area contributed by atoms with Crippen molar-refractivity contribution in [3.8, 4) is 5.75 Å². The van der Waals surface area contributed by atoms with Gasteiger partial charge in [0.25, 0.3) is 11.8 Å². The van der Waals surface area contributed by atoms with E-state index >= 15 is 0 Å². The molecule has 1 aromatic rings. The van der Waals surface area contributed by atoms with E-state index in [1.54, 1.807) is 12.1 Å². The van der Waals surface area contributed by atoms with E-state index < -0.39 is 29.5 Å². The van der Waals surface area contributed by atoms with Crippen LogP contribution in [0.15, 0.2) is 30.4 Å². The maximum absolute atomic E-state index is 12.1. The lowest BCUT2D eigenvalue weighted by Crippen LogP contribution is -2.35. The van der Waals surface area contributed by atoms with E-state index in [1.165, 1.54) is 25.3 Å². The van der Waals surface area contributed by atoms with Crippen LogP contribution >= 0.6 is 0 Å². The van der Waals surface area contributed by atoms with Crippen LogP contribution in [0.1, 0.15) is 24.8 Å². The number of ether oxygens (including phenoxy) is 1. The summed E-state index contributed by atoms with van der Waals surface area (Å²) in [5.41, 5.74) is 1.03. The summed E-state index contributed by atoms with van der Waals surface area (Å²) in [5, 5.41) is 0. The molecule has 0 atom stereocenters. The molecule has 2 aliphatic rings. The van der Waals surface area contributed by atoms with Crippen molar-refractivity contribution in [1.82, 2.24) is 4.90 Å². The Bertz CT molecular complexity index is 823. The topological polar surface area (TPSA) is 101 Å². The van der Waals surface area contributed by atoms with Gasteiger partial charge in [0.05, 0.1) is 12.8 Å². The fourth-order valence-electron chi connectivity index (χ4n) is 2.94. The molecule has 134 valence electrons. The molecule has 0 aromatic heterocycles. The zero-order valence-electron chi connectivity index (χ0n) is 14.1. The van der Waals surface area contributed by atoms with Crippen LogP contribution in [-0.4, -0.2) is 41.5 Å². The van der Waals surface area contributed by atoms with Gasteiger partial charge in [-0.2, -0.15) is 0 Å². The molecule has 0 saturated carbocycles. The Labute approximate surface area is 149 Å². The Hall–Kier alpha value is -3.29. The third-order valence-corrected chi connectivity index (χ3v) is 4.25. The van der Waals surface area contributed by atoms with E-state index in [9.17, 15) is 24.0 Å². The smallest absolute Gasteiger partial charge is 0.258 e. The average Bonchev–Trinajstić information content (AvgIpc) is 3.14. The molecular formula is C18H16N2O6. The highest BCUT2D eigenvalue weighted by molar-refractivity contribution is 6.28. The van der Waals surface area contributed by atoms with E-state index in [4.69, 9.17) is 4.74 Å². The van der Waals surface area contributed by atoms with Crippen LogP contribution < -0.4 is 9.64 Å². The Balaban J connectivity index is 1.73. The summed E-state index contributed by atoms with van der Waals surface area (Å²) in [6.45, 7) is 0. The molecule has 2 heterocycles. The van der Waals surface area contributed by atoms with Crippen molar-refractivity contribution in [2.24, 2.45) is 0 Å². The Morgan fingerprint density at radius 2 is 1.65 bits per heavy atom. The summed E-state index contributed by atoms with van der Waals surface area (Å²) in [6.07, 6.45) is 2.72. The van der Waals surface area contributed by atoms with Crippen LogP contribution in [0.25, 0.3) is 0 Å². The van der Waals surface area contributed by atoms with Gasteiger partial charge in [0, 0.05) is 37.5 Å². The first-order chi connectivity index (χ1) is 12.4. The van der Waals surface area contributed by atoms with Gasteiger partial charge in [-0.1, -0.05) is 6.07 Å². The summed E-state index contributed by atoms with van der Waals surface area (Å²) in [6, 6.07) is 4.76. The zero-order valence-corrected chi connectivity index (χ0v) is 14.1. The molecule has 0 bridgehead atoms. The number of carbonyl (C=O) groups is 5. The second-order valence-corrected chi connectivity index (χ2v) is 5.86. The number of benzene rings is 1. The largest absolute Gasteiger partial charge is 0.496 e. The zero-order chi connectivity index (χ0) is 18.8. The number of anilines is 1. The first-order valence-corrected chi connectivity index (χ1v) is 8.04. The van der Waals surface area contributed by atoms with Crippen molar-refractivity contribution >= 4 is 35.2 Å². The van der Waals surface area contributed by atoms with Gasteiger partial charge in [0.2, 0.25) is 17.7 Å². The van der Waals surface area contributed by atoms with Gasteiger partial charge in [-0.05, 0) is 18.1 Å². The predicted octanol–water partition coefficient (Wildman–Crippen LogP) is 0.733. The van der Waals surface area contributed by atoms with Gasteiger partial charge >= 0.3 is 0 Å². The van der Waals surface area contributed by atoms with Crippen molar-refractivity contribution in [1.29, 1.82) is 0 Å². The molecule has 0 radical (unpaired) electrons. The van der Waals surface area contributed by atoms with Crippen LogP contribution in [0.4, 0.5) is 5.69 Å². The molecule has 1 saturated heterocycles. The van der Waals surface area contributed by atoms with E-state index in [1.807, 2.05) is 0 Å². The lowest BCUT2D eigenvalue weighted by atomic mass is 10.1. The standard InChI is InChI=1S/C18H16N2O6/c1-26-13-10-12(19-14(21)6-7-15(19)22)4-2-11(13)3-5-16(23)20-17(24)8-9-18(20)25/h2,4,6-7,10H,3,5,8-9H2,1H3. The fraction of sp³-hybridized carbons (Fsp3) is 0.278. The number of methoxy groups -OCH3 is 1. The number of aryl methyl sites for hydroxylation is 1. The highest BCUT2D eigenvalue weighted by Gasteiger charge is 2.34. The predicted molar refractivity (Wildman–Crippen MR) is 89.0 cm³/mol. The first kappa shape index (κ1) is 17.5. The fourth-order valence-corrected chi connectivity index (χ4v) is 2.94. The third-order valence-electron chi connectivity index (χ3n) is 4.25. The lowest BCUT2D eigenvalue weighted by molar-refractivity contribution is -0.149. The van der Waals surface area contributed by atoms with Crippen molar-refractivity contribution in [2.45, 2.75) is 25.7 Å². The van der Waals surface area contributed by atoms with Crippen LogP contribution in [0.2, 0.25) is 0 Å². The number of hydrogen-bond acceptors (Lipinski definition) is 6. The van der Waals surface area contributed by atoms with Crippen molar-refractivity contribution in [3.63, 3.8) is 0 Å². The van der Waals surface area contributed by atoms with E-state index in [-0.39, 0.29) is 25.7 Å². The quantitative estimate of drug-likeness (QED) is 0.721. The van der Waals surface area contributed by atoms with Gasteiger partial charge in [-0.25, -0.2) is 9.80 Å². The summed E-state index contributed by atoms with van der Waals surface area (Å²) in [7, 11) is 1.43. The molecule has 2 aliphatic heterocycles. The van der Waals surface area contributed by atoms with Crippen LogP contribution in [0.3, 0.4) is 0 Å². The highest BCUT2D eigenvalue weighted by Crippen LogP contribution is 2.28. The monoisotopic (exact) mass is 356 g/mol. The molecule has 26 heavy (non-hydrogen) atoms. The minimum Gasteiger partial charge on any atom is -0.496 e. The molecule has 0 spiro atoms. The number of hydrogen-bond donors (Lipinski definition) is 0. The molecule has 0 N–H and O–H groups in total.